The normalized spacial score (nSPS) is 17.6. The summed E-state index contributed by atoms with van der Waals surface area (Å²) in [5.74, 6) is 0.466. The van der Waals surface area contributed by atoms with Crippen molar-refractivity contribution < 1.29 is 22.7 Å². The molecule has 10 nitrogen and oxygen atoms in total. The number of alkyl halides is 3. The molecule has 0 aliphatic heterocycles. The Hall–Kier alpha value is -3.77. The smallest absolute Gasteiger partial charge is 0.388 e. The van der Waals surface area contributed by atoms with Crippen molar-refractivity contribution in [2.45, 2.75) is 25.2 Å². The molecule has 2 atom stereocenters. The van der Waals surface area contributed by atoms with Gasteiger partial charge in [-0.25, -0.2) is 19.2 Å². The van der Waals surface area contributed by atoms with Gasteiger partial charge in [0.2, 0.25) is 5.88 Å². The number of pyridine rings is 1. The average molecular weight is 422 g/mol. The van der Waals surface area contributed by atoms with Crippen molar-refractivity contribution in [3.63, 3.8) is 0 Å². The number of urea groups is 1. The van der Waals surface area contributed by atoms with E-state index in [1.165, 1.54) is 23.0 Å². The molecule has 1 aliphatic rings. The van der Waals surface area contributed by atoms with E-state index < -0.39 is 24.9 Å². The summed E-state index contributed by atoms with van der Waals surface area (Å²) in [5.41, 5.74) is 0.720. The lowest BCUT2D eigenvalue weighted by atomic mass is 10.4. The Balaban J connectivity index is 1.62. The van der Waals surface area contributed by atoms with Gasteiger partial charge in [-0.15, -0.1) is 0 Å². The van der Waals surface area contributed by atoms with Crippen LogP contribution in [0.1, 0.15) is 6.42 Å². The standard InChI is InChI=1S/C17H17F3N8O2/c1-21-13-6-12(24-9-3-2-4-22-15(9)30-16(19)20)27-14-11(7-23-28(13)14)26-17(29)25-10-5-8(10)18/h2-4,6-8,10,16,21H,5H2,1H3,(H,24,27)(H2,25,26,29)/t8-,10+/m0/s1. The molecule has 3 heterocycles. The summed E-state index contributed by atoms with van der Waals surface area (Å²) in [6.45, 7) is -3.04. The van der Waals surface area contributed by atoms with Gasteiger partial charge in [0.15, 0.2) is 5.65 Å². The molecule has 0 radical (unpaired) electrons. The molecule has 0 aromatic carbocycles. The van der Waals surface area contributed by atoms with E-state index in [0.717, 1.165) is 0 Å². The van der Waals surface area contributed by atoms with Gasteiger partial charge in [-0.1, -0.05) is 0 Å². The second-order valence-electron chi connectivity index (χ2n) is 6.39. The molecule has 0 unspecified atom stereocenters. The summed E-state index contributed by atoms with van der Waals surface area (Å²) < 4.78 is 44.1. The lowest BCUT2D eigenvalue weighted by Gasteiger charge is -2.13. The lowest BCUT2D eigenvalue weighted by Crippen LogP contribution is -2.31. The molecular weight excluding hydrogens is 405 g/mol. The van der Waals surface area contributed by atoms with Crippen LogP contribution in [0.15, 0.2) is 30.6 Å². The van der Waals surface area contributed by atoms with Crippen molar-refractivity contribution in [2.24, 2.45) is 0 Å². The molecule has 0 bridgehead atoms. The number of ether oxygens (including phenoxy) is 1. The van der Waals surface area contributed by atoms with E-state index in [-0.39, 0.29) is 35.1 Å². The number of carbonyl (C=O) groups excluding carboxylic acids is 1. The maximum Gasteiger partial charge on any atom is 0.388 e. The number of rotatable bonds is 7. The highest BCUT2D eigenvalue weighted by Gasteiger charge is 2.38. The van der Waals surface area contributed by atoms with Crippen LogP contribution in [0.25, 0.3) is 5.65 Å². The van der Waals surface area contributed by atoms with E-state index in [1.807, 2.05) is 0 Å². The minimum Gasteiger partial charge on any atom is -0.415 e. The third-order valence-electron chi connectivity index (χ3n) is 4.24. The fourth-order valence-electron chi connectivity index (χ4n) is 2.74. The fraction of sp³-hybridized carbons (Fsp3) is 0.294. The van der Waals surface area contributed by atoms with Crippen molar-refractivity contribution in [1.82, 2.24) is 24.9 Å². The van der Waals surface area contributed by atoms with Crippen molar-refractivity contribution in [1.29, 1.82) is 0 Å². The Morgan fingerprint density at radius 3 is 2.87 bits per heavy atom. The van der Waals surface area contributed by atoms with Gasteiger partial charge in [0.1, 0.15) is 29.2 Å². The maximum absolute atomic E-state index is 13.0. The number of halogens is 3. The van der Waals surface area contributed by atoms with Crippen LogP contribution in [0.4, 0.5) is 41.0 Å². The van der Waals surface area contributed by atoms with Crippen LogP contribution in [0.2, 0.25) is 0 Å². The van der Waals surface area contributed by atoms with Crippen LogP contribution >= 0.6 is 0 Å². The van der Waals surface area contributed by atoms with Crippen molar-refractivity contribution in [3.8, 4) is 5.88 Å². The molecule has 158 valence electrons. The largest absolute Gasteiger partial charge is 0.415 e. The minimum absolute atomic E-state index is 0.172. The number of nitrogens with one attached hydrogen (secondary N) is 4. The molecule has 3 aromatic heterocycles. The Labute approximate surface area is 167 Å². The molecule has 30 heavy (non-hydrogen) atoms. The van der Waals surface area contributed by atoms with Crippen molar-refractivity contribution in [3.05, 3.63) is 30.6 Å². The molecule has 3 aromatic rings. The van der Waals surface area contributed by atoms with E-state index in [0.29, 0.717) is 5.82 Å². The highest BCUT2D eigenvalue weighted by Crippen LogP contribution is 2.29. The summed E-state index contributed by atoms with van der Waals surface area (Å²) in [5, 5.41) is 15.1. The van der Waals surface area contributed by atoms with Crippen LogP contribution in [-0.4, -0.2) is 51.5 Å². The lowest BCUT2D eigenvalue weighted by molar-refractivity contribution is -0.0523. The summed E-state index contributed by atoms with van der Waals surface area (Å²) in [6, 6.07) is 3.55. The number of fused-ring (bicyclic) bond motifs is 1. The van der Waals surface area contributed by atoms with Gasteiger partial charge in [-0.2, -0.15) is 18.4 Å². The number of aromatic nitrogens is 4. The van der Waals surface area contributed by atoms with Gasteiger partial charge >= 0.3 is 12.6 Å². The van der Waals surface area contributed by atoms with Gasteiger partial charge in [0.05, 0.1) is 12.2 Å². The fourth-order valence-corrected chi connectivity index (χ4v) is 2.74. The second-order valence-corrected chi connectivity index (χ2v) is 6.39. The van der Waals surface area contributed by atoms with E-state index in [9.17, 15) is 18.0 Å². The Morgan fingerprint density at radius 2 is 2.17 bits per heavy atom. The van der Waals surface area contributed by atoms with Gasteiger partial charge in [0.25, 0.3) is 0 Å². The van der Waals surface area contributed by atoms with Gasteiger partial charge in [-0.05, 0) is 12.1 Å². The molecule has 1 fully saturated rings. The molecule has 0 spiro atoms. The quantitative estimate of drug-likeness (QED) is 0.463. The van der Waals surface area contributed by atoms with Crippen LogP contribution in [0.5, 0.6) is 5.88 Å². The first-order chi connectivity index (χ1) is 14.4. The Morgan fingerprint density at radius 1 is 1.37 bits per heavy atom. The molecule has 0 saturated heterocycles. The predicted octanol–water partition coefficient (Wildman–Crippen LogP) is 2.74. The van der Waals surface area contributed by atoms with Crippen molar-refractivity contribution >= 4 is 34.7 Å². The summed E-state index contributed by atoms with van der Waals surface area (Å²) in [4.78, 5) is 20.2. The molecule has 1 saturated carbocycles. The topological polar surface area (TPSA) is 118 Å². The average Bonchev–Trinajstić information content (AvgIpc) is 3.24. The van der Waals surface area contributed by atoms with Gasteiger partial charge < -0.3 is 26.0 Å². The monoisotopic (exact) mass is 422 g/mol. The van der Waals surface area contributed by atoms with Crippen LogP contribution in [0, 0.1) is 0 Å². The van der Waals surface area contributed by atoms with E-state index >= 15 is 0 Å². The zero-order chi connectivity index (χ0) is 21.3. The number of carbonyl (C=O) groups is 1. The Kier molecular flexibility index (Phi) is 5.16. The summed E-state index contributed by atoms with van der Waals surface area (Å²) >= 11 is 0. The molecule has 13 heteroatoms. The molecule has 4 N–H and O–H groups in total. The molecule has 1 aliphatic carbocycles. The minimum atomic E-state index is -3.04. The highest BCUT2D eigenvalue weighted by atomic mass is 19.3. The van der Waals surface area contributed by atoms with E-state index in [2.05, 4.69) is 41.1 Å². The Bertz CT molecular complexity index is 1080. The first-order valence-corrected chi connectivity index (χ1v) is 8.89. The summed E-state index contributed by atoms with van der Waals surface area (Å²) in [7, 11) is 1.66. The number of nitrogens with zero attached hydrogens (tertiary/aromatic N) is 4. The predicted molar refractivity (Wildman–Crippen MR) is 102 cm³/mol. The number of amides is 2. The zero-order valence-corrected chi connectivity index (χ0v) is 15.6. The summed E-state index contributed by atoms with van der Waals surface area (Å²) in [6.07, 6.45) is 1.96. The molecule has 4 rings (SSSR count). The second kappa shape index (κ2) is 7.93. The number of hydrogen-bond acceptors (Lipinski definition) is 7. The number of anilines is 4. The zero-order valence-electron chi connectivity index (χ0n) is 15.6. The highest BCUT2D eigenvalue weighted by molar-refractivity contribution is 5.93. The maximum atomic E-state index is 13.0. The van der Waals surface area contributed by atoms with Crippen LogP contribution in [0.3, 0.4) is 0 Å². The third kappa shape index (κ3) is 4.14. The number of hydrogen-bond donors (Lipinski definition) is 4. The molecular formula is C17H17F3N8O2. The van der Waals surface area contributed by atoms with Crippen molar-refractivity contribution in [2.75, 3.05) is 23.0 Å². The van der Waals surface area contributed by atoms with Gasteiger partial charge in [-0.3, -0.25) is 0 Å². The third-order valence-corrected chi connectivity index (χ3v) is 4.24. The van der Waals surface area contributed by atoms with Crippen LogP contribution < -0.4 is 26.0 Å². The SMILES string of the molecule is CNc1cc(Nc2cccnc2OC(F)F)nc2c(NC(=O)N[C@@H]3C[C@@H]3F)cnn12. The van der Waals surface area contributed by atoms with Crippen LogP contribution in [-0.2, 0) is 0 Å². The molecule has 2 amide bonds. The first-order valence-electron chi connectivity index (χ1n) is 8.89. The first kappa shape index (κ1) is 19.5. The van der Waals surface area contributed by atoms with Gasteiger partial charge in [0, 0.05) is 25.7 Å². The van der Waals surface area contributed by atoms with E-state index in [1.54, 1.807) is 19.2 Å². The van der Waals surface area contributed by atoms with E-state index in [4.69, 9.17) is 0 Å².